The maximum absolute atomic E-state index is 14.0. The summed E-state index contributed by atoms with van der Waals surface area (Å²) in [4.78, 5) is 36.4. The van der Waals surface area contributed by atoms with Gasteiger partial charge in [0.15, 0.2) is 12.4 Å². The molecule has 1 aliphatic heterocycles. The first-order chi connectivity index (χ1) is 12.9. The Morgan fingerprint density at radius 2 is 2.07 bits per heavy atom. The van der Waals surface area contributed by atoms with E-state index in [4.69, 9.17) is 4.74 Å². The van der Waals surface area contributed by atoms with Gasteiger partial charge in [0.25, 0.3) is 0 Å². The molecule has 136 valence electrons. The highest BCUT2D eigenvalue weighted by Crippen LogP contribution is 2.33. The third-order valence-corrected chi connectivity index (χ3v) is 5.71. The van der Waals surface area contributed by atoms with Crippen LogP contribution in [0.25, 0.3) is 10.1 Å². The van der Waals surface area contributed by atoms with Gasteiger partial charge in [0.2, 0.25) is 5.91 Å². The van der Waals surface area contributed by atoms with Crippen molar-refractivity contribution >= 4 is 44.8 Å². The van der Waals surface area contributed by atoms with Gasteiger partial charge in [-0.3, -0.25) is 9.59 Å². The second kappa shape index (κ2) is 6.59. The number of Topliss-reactive ketones (excluding diaryl/α,β-unsaturated/α-hetero) is 1. The first kappa shape index (κ1) is 17.4. The van der Waals surface area contributed by atoms with E-state index in [0.717, 1.165) is 16.9 Å². The molecule has 1 amide bonds. The highest BCUT2D eigenvalue weighted by Gasteiger charge is 2.22. The molecule has 1 aliphatic rings. The Labute approximate surface area is 157 Å². The van der Waals surface area contributed by atoms with Crippen LogP contribution in [0.3, 0.4) is 0 Å². The zero-order valence-corrected chi connectivity index (χ0v) is 15.1. The van der Waals surface area contributed by atoms with Gasteiger partial charge in [-0.1, -0.05) is 6.07 Å². The summed E-state index contributed by atoms with van der Waals surface area (Å²) in [7, 11) is 0. The van der Waals surface area contributed by atoms with Crippen molar-refractivity contribution in [2.45, 2.75) is 13.3 Å². The molecule has 0 unspecified atom stereocenters. The topological polar surface area (TPSA) is 72.5 Å². The van der Waals surface area contributed by atoms with Gasteiger partial charge in [-0.2, -0.15) is 0 Å². The number of rotatable bonds is 4. The van der Waals surface area contributed by atoms with Crippen LogP contribution in [0.4, 0.5) is 10.1 Å². The molecule has 0 aliphatic carbocycles. The number of nitrogens with one attached hydrogen (secondary N) is 1. The maximum Gasteiger partial charge on any atom is 0.349 e. The molecule has 0 spiro atoms. The summed E-state index contributed by atoms with van der Waals surface area (Å²) in [5.41, 5.74) is 2.31. The van der Waals surface area contributed by atoms with Gasteiger partial charge >= 0.3 is 5.97 Å². The molecule has 1 aromatic heterocycles. The number of halogens is 1. The molecule has 3 aromatic rings. The molecule has 0 radical (unpaired) electrons. The van der Waals surface area contributed by atoms with Crippen molar-refractivity contribution in [3.63, 3.8) is 0 Å². The highest BCUT2D eigenvalue weighted by atomic mass is 32.1. The highest BCUT2D eigenvalue weighted by molar-refractivity contribution is 7.21. The van der Waals surface area contributed by atoms with Crippen LogP contribution in [-0.2, 0) is 16.0 Å². The Balaban J connectivity index is 1.49. The molecule has 0 saturated heterocycles. The predicted molar refractivity (Wildman–Crippen MR) is 99.9 cm³/mol. The van der Waals surface area contributed by atoms with Crippen molar-refractivity contribution in [2.75, 3.05) is 11.9 Å². The van der Waals surface area contributed by atoms with E-state index in [1.165, 1.54) is 6.07 Å². The quantitative estimate of drug-likeness (QED) is 0.548. The summed E-state index contributed by atoms with van der Waals surface area (Å²) in [6, 6.07) is 9.53. The Morgan fingerprint density at radius 3 is 2.85 bits per heavy atom. The molecule has 4 rings (SSSR count). The SMILES string of the molecule is Cc1c(C(=O)OCC(=O)c2ccc3c(c2)CC(=O)N3)sc2cccc(F)c12. The van der Waals surface area contributed by atoms with E-state index in [2.05, 4.69) is 5.32 Å². The molecule has 0 fully saturated rings. The molecule has 0 bridgehead atoms. The van der Waals surface area contributed by atoms with Gasteiger partial charge in [-0.25, -0.2) is 9.18 Å². The van der Waals surface area contributed by atoms with Crippen LogP contribution in [0.5, 0.6) is 0 Å². The second-order valence-electron chi connectivity index (χ2n) is 6.27. The number of aryl methyl sites for hydroxylation is 1. The van der Waals surface area contributed by atoms with E-state index in [1.54, 1.807) is 37.3 Å². The standard InChI is InChI=1S/C20H14FNO4S/c1-10-18-13(21)3-2-4-16(18)27-19(10)20(25)26-9-15(23)11-5-6-14-12(7-11)8-17(24)22-14/h2-7H,8-9H2,1H3,(H,22,24). The number of ether oxygens (including phenoxy) is 1. The van der Waals surface area contributed by atoms with Crippen LogP contribution in [0.2, 0.25) is 0 Å². The summed E-state index contributed by atoms with van der Waals surface area (Å²) in [6.45, 7) is 1.24. The zero-order valence-electron chi connectivity index (χ0n) is 14.3. The number of benzene rings is 2. The largest absolute Gasteiger partial charge is 0.453 e. The van der Waals surface area contributed by atoms with Crippen molar-refractivity contribution in [2.24, 2.45) is 0 Å². The van der Waals surface area contributed by atoms with Crippen molar-refractivity contribution < 1.29 is 23.5 Å². The summed E-state index contributed by atoms with van der Waals surface area (Å²) in [6.07, 6.45) is 0.225. The molecule has 2 aromatic carbocycles. The normalized spacial score (nSPS) is 12.7. The number of hydrogen-bond acceptors (Lipinski definition) is 5. The molecule has 0 atom stereocenters. The molecular weight excluding hydrogens is 369 g/mol. The number of anilines is 1. The van der Waals surface area contributed by atoms with Gasteiger partial charge in [0, 0.05) is 21.3 Å². The van der Waals surface area contributed by atoms with E-state index >= 15 is 0 Å². The maximum atomic E-state index is 14.0. The number of hydrogen-bond donors (Lipinski definition) is 1. The Morgan fingerprint density at radius 1 is 1.26 bits per heavy atom. The lowest BCUT2D eigenvalue weighted by molar-refractivity contribution is -0.115. The fourth-order valence-electron chi connectivity index (χ4n) is 3.13. The van der Waals surface area contributed by atoms with Crippen LogP contribution in [0.15, 0.2) is 36.4 Å². The summed E-state index contributed by atoms with van der Waals surface area (Å²) in [5, 5.41) is 3.09. The van der Waals surface area contributed by atoms with Gasteiger partial charge in [-0.15, -0.1) is 11.3 Å². The van der Waals surface area contributed by atoms with Gasteiger partial charge < -0.3 is 10.1 Å². The number of carbonyl (C=O) groups excluding carboxylic acids is 3. The number of thiophene rings is 1. The van der Waals surface area contributed by atoms with Crippen molar-refractivity contribution in [1.82, 2.24) is 0 Å². The molecule has 2 heterocycles. The zero-order chi connectivity index (χ0) is 19.1. The minimum atomic E-state index is -0.653. The number of amides is 1. The van der Waals surface area contributed by atoms with E-state index in [9.17, 15) is 18.8 Å². The van der Waals surface area contributed by atoms with Crippen LogP contribution < -0.4 is 5.32 Å². The summed E-state index contributed by atoms with van der Waals surface area (Å²) in [5.74, 6) is -1.53. The third kappa shape index (κ3) is 3.10. The smallest absolute Gasteiger partial charge is 0.349 e. The number of esters is 1. The number of ketones is 1. The Kier molecular flexibility index (Phi) is 4.24. The first-order valence-electron chi connectivity index (χ1n) is 8.25. The van der Waals surface area contributed by atoms with Crippen molar-refractivity contribution in [3.8, 4) is 0 Å². The lowest BCUT2D eigenvalue weighted by Gasteiger charge is -2.05. The molecule has 7 heteroatoms. The lowest BCUT2D eigenvalue weighted by Crippen LogP contribution is -2.14. The summed E-state index contributed by atoms with van der Waals surface area (Å²) >= 11 is 1.14. The van der Waals surface area contributed by atoms with Crippen molar-refractivity contribution in [1.29, 1.82) is 0 Å². The van der Waals surface area contributed by atoms with Crippen LogP contribution >= 0.6 is 11.3 Å². The van der Waals surface area contributed by atoms with Crippen molar-refractivity contribution in [3.05, 3.63) is 63.8 Å². The average Bonchev–Trinajstić information content (AvgIpc) is 3.18. The first-order valence-corrected chi connectivity index (χ1v) is 9.06. The average molecular weight is 383 g/mol. The minimum Gasteiger partial charge on any atom is -0.453 e. The van der Waals surface area contributed by atoms with E-state index < -0.39 is 18.4 Å². The van der Waals surface area contributed by atoms with Crippen LogP contribution in [0, 0.1) is 12.7 Å². The second-order valence-corrected chi connectivity index (χ2v) is 7.32. The molecule has 5 nitrogen and oxygen atoms in total. The van der Waals surface area contributed by atoms with E-state index in [0.29, 0.717) is 26.9 Å². The lowest BCUT2D eigenvalue weighted by atomic mass is 10.1. The van der Waals surface area contributed by atoms with Gasteiger partial charge in [0.05, 0.1) is 6.42 Å². The monoisotopic (exact) mass is 383 g/mol. The van der Waals surface area contributed by atoms with E-state index in [1.807, 2.05) is 0 Å². The molecule has 27 heavy (non-hydrogen) atoms. The van der Waals surface area contributed by atoms with Crippen LogP contribution in [0.1, 0.15) is 31.2 Å². The Hall–Kier alpha value is -3.06. The summed E-state index contributed by atoms with van der Waals surface area (Å²) < 4.78 is 19.8. The Bertz CT molecular complexity index is 1120. The number of fused-ring (bicyclic) bond motifs is 2. The third-order valence-electron chi connectivity index (χ3n) is 4.48. The van der Waals surface area contributed by atoms with E-state index in [-0.39, 0.29) is 23.0 Å². The molecule has 0 saturated carbocycles. The number of carbonyl (C=O) groups is 3. The molecule has 1 N–H and O–H groups in total. The van der Waals surface area contributed by atoms with Crippen LogP contribution in [-0.4, -0.2) is 24.3 Å². The van der Waals surface area contributed by atoms with Gasteiger partial charge in [-0.05, 0) is 48.4 Å². The molecular formula is C20H14FNO4S. The fraction of sp³-hybridized carbons (Fsp3) is 0.150. The minimum absolute atomic E-state index is 0.117. The predicted octanol–water partition coefficient (Wildman–Crippen LogP) is 3.88. The fourth-order valence-corrected chi connectivity index (χ4v) is 4.25. The van der Waals surface area contributed by atoms with Gasteiger partial charge in [0.1, 0.15) is 10.7 Å².